The predicted octanol–water partition coefficient (Wildman–Crippen LogP) is 0.952. The van der Waals surface area contributed by atoms with E-state index in [0.29, 0.717) is 23.2 Å². The van der Waals surface area contributed by atoms with E-state index >= 15 is 0 Å². The summed E-state index contributed by atoms with van der Waals surface area (Å²) >= 11 is 1.25. The molecule has 0 atom stereocenters. The first-order chi connectivity index (χ1) is 10.7. The second-order valence-electron chi connectivity index (χ2n) is 4.52. The Morgan fingerprint density at radius 3 is 2.41 bits per heavy atom. The molecule has 6 nitrogen and oxygen atoms in total. The lowest BCUT2D eigenvalue weighted by Crippen LogP contribution is -2.33. The van der Waals surface area contributed by atoms with Gasteiger partial charge in [-0.15, -0.1) is 0 Å². The number of aliphatic imine (C=N–C) groups is 1. The van der Waals surface area contributed by atoms with Crippen LogP contribution in [0.4, 0.5) is 0 Å². The summed E-state index contributed by atoms with van der Waals surface area (Å²) in [6.45, 7) is 0.529. The molecule has 0 unspecified atom stereocenters. The number of aliphatic hydroxyl groups excluding tert-OH is 2. The number of hydrogen-bond donors (Lipinski definition) is 2. The molecule has 0 fully saturated rings. The van der Waals surface area contributed by atoms with Gasteiger partial charge in [0.15, 0.2) is 5.17 Å². The van der Waals surface area contributed by atoms with Crippen LogP contribution < -0.4 is 4.74 Å². The first kappa shape index (κ1) is 16.5. The van der Waals surface area contributed by atoms with E-state index in [2.05, 4.69) is 4.99 Å². The second kappa shape index (κ2) is 7.98. The molecule has 0 saturated carbocycles. The van der Waals surface area contributed by atoms with Gasteiger partial charge in [0.05, 0.1) is 25.2 Å². The van der Waals surface area contributed by atoms with Crippen LogP contribution in [-0.4, -0.2) is 59.6 Å². The number of nitrogens with zero attached hydrogens (tertiary/aromatic N) is 2. The third-order valence-electron chi connectivity index (χ3n) is 3.03. The van der Waals surface area contributed by atoms with Crippen molar-refractivity contribution in [3.8, 4) is 5.75 Å². The van der Waals surface area contributed by atoms with Crippen LogP contribution >= 0.6 is 11.8 Å². The van der Waals surface area contributed by atoms with Crippen molar-refractivity contribution in [2.45, 2.75) is 0 Å². The van der Waals surface area contributed by atoms with E-state index in [1.165, 1.54) is 11.8 Å². The van der Waals surface area contributed by atoms with Crippen molar-refractivity contribution in [2.75, 3.05) is 33.4 Å². The van der Waals surface area contributed by atoms with Crippen LogP contribution in [0.1, 0.15) is 5.56 Å². The summed E-state index contributed by atoms with van der Waals surface area (Å²) in [5, 5.41) is 18.6. The van der Waals surface area contributed by atoms with Crippen molar-refractivity contribution in [3.05, 3.63) is 34.7 Å². The first-order valence-corrected chi connectivity index (χ1v) is 7.63. The van der Waals surface area contributed by atoms with Crippen molar-refractivity contribution in [3.63, 3.8) is 0 Å². The van der Waals surface area contributed by atoms with Crippen molar-refractivity contribution in [1.82, 2.24) is 4.90 Å². The molecule has 0 spiro atoms. The van der Waals surface area contributed by atoms with Crippen LogP contribution in [0.3, 0.4) is 0 Å². The highest BCUT2D eigenvalue weighted by Crippen LogP contribution is 2.30. The number of amidine groups is 1. The zero-order valence-corrected chi connectivity index (χ0v) is 13.0. The Kier molecular flexibility index (Phi) is 6.00. The Labute approximate surface area is 133 Å². The Balaban J connectivity index is 2.11. The van der Waals surface area contributed by atoms with Crippen LogP contribution in [0.2, 0.25) is 0 Å². The van der Waals surface area contributed by atoms with Gasteiger partial charge in [-0.2, -0.15) is 4.99 Å². The number of hydrogen-bond acceptors (Lipinski definition) is 6. The highest BCUT2D eigenvalue weighted by atomic mass is 32.2. The number of carbonyl (C=O) groups excluding carboxylic acids is 1. The van der Waals surface area contributed by atoms with Gasteiger partial charge in [-0.25, -0.2) is 0 Å². The number of rotatable bonds is 6. The van der Waals surface area contributed by atoms with Gasteiger partial charge in [0.1, 0.15) is 5.75 Å². The third kappa shape index (κ3) is 4.09. The van der Waals surface area contributed by atoms with E-state index in [4.69, 9.17) is 14.9 Å². The van der Waals surface area contributed by atoms with Gasteiger partial charge < -0.3 is 19.8 Å². The van der Waals surface area contributed by atoms with E-state index in [9.17, 15) is 4.79 Å². The lowest BCUT2D eigenvalue weighted by Gasteiger charge is -2.20. The number of methoxy groups -OCH3 is 1. The molecule has 7 heteroatoms. The molecule has 2 rings (SSSR count). The molecule has 0 aromatic heterocycles. The van der Waals surface area contributed by atoms with Gasteiger partial charge in [-0.05, 0) is 35.5 Å². The quantitative estimate of drug-likeness (QED) is 0.759. The number of carbonyl (C=O) groups is 1. The fourth-order valence-electron chi connectivity index (χ4n) is 1.93. The number of ether oxygens (including phenoxy) is 1. The maximum Gasteiger partial charge on any atom is 0.286 e. The molecule has 118 valence electrons. The smallest absolute Gasteiger partial charge is 0.286 e. The Morgan fingerprint density at radius 2 is 1.86 bits per heavy atom. The van der Waals surface area contributed by atoms with Gasteiger partial charge in [0.25, 0.3) is 5.91 Å². The normalized spacial score (nSPS) is 16.0. The largest absolute Gasteiger partial charge is 0.497 e. The van der Waals surface area contributed by atoms with E-state index in [0.717, 1.165) is 11.3 Å². The fourth-order valence-corrected chi connectivity index (χ4v) is 2.89. The highest BCUT2D eigenvalue weighted by Gasteiger charge is 2.25. The first-order valence-electron chi connectivity index (χ1n) is 6.81. The molecule has 1 aromatic carbocycles. The summed E-state index contributed by atoms with van der Waals surface area (Å²) in [5.41, 5.74) is 0.879. The molecule has 22 heavy (non-hydrogen) atoms. The predicted molar refractivity (Wildman–Crippen MR) is 86.7 cm³/mol. The minimum Gasteiger partial charge on any atom is -0.497 e. The van der Waals surface area contributed by atoms with Crippen molar-refractivity contribution in [2.24, 2.45) is 4.99 Å². The molecule has 2 N–H and O–H groups in total. The average Bonchev–Trinajstić information content (AvgIpc) is 2.89. The molecule has 0 bridgehead atoms. The summed E-state index contributed by atoms with van der Waals surface area (Å²) in [4.78, 5) is 18.2. The molecule has 1 aliphatic rings. The summed E-state index contributed by atoms with van der Waals surface area (Å²) < 4.78 is 5.09. The molecular weight excluding hydrogens is 304 g/mol. The summed E-state index contributed by atoms with van der Waals surface area (Å²) in [6, 6.07) is 7.36. The van der Waals surface area contributed by atoms with Gasteiger partial charge in [0, 0.05) is 13.1 Å². The highest BCUT2D eigenvalue weighted by molar-refractivity contribution is 8.18. The molecule has 1 heterocycles. The van der Waals surface area contributed by atoms with E-state index in [1.54, 1.807) is 18.1 Å². The molecule has 1 amide bonds. The lowest BCUT2D eigenvalue weighted by atomic mass is 10.2. The van der Waals surface area contributed by atoms with Gasteiger partial charge >= 0.3 is 0 Å². The maximum atomic E-state index is 12.0. The third-order valence-corrected chi connectivity index (χ3v) is 4.08. The lowest BCUT2D eigenvalue weighted by molar-refractivity contribution is -0.113. The Morgan fingerprint density at radius 1 is 1.23 bits per heavy atom. The van der Waals surface area contributed by atoms with E-state index < -0.39 is 0 Å². The Bertz CT molecular complexity index is 578. The molecule has 0 aliphatic carbocycles. The summed E-state index contributed by atoms with van der Waals surface area (Å²) in [6.07, 6.45) is 1.76. The van der Waals surface area contributed by atoms with Crippen LogP contribution in [0.25, 0.3) is 6.08 Å². The number of benzene rings is 1. The van der Waals surface area contributed by atoms with Gasteiger partial charge in [-0.3, -0.25) is 4.79 Å². The Hall–Kier alpha value is -1.83. The minimum atomic E-state index is -0.309. The maximum absolute atomic E-state index is 12.0. The van der Waals surface area contributed by atoms with Crippen LogP contribution in [0.15, 0.2) is 34.2 Å². The summed E-state index contributed by atoms with van der Waals surface area (Å²) in [5.74, 6) is 0.443. The number of thioether (sulfide) groups is 1. The SMILES string of the molecule is COc1ccc(/C=C2/SC(N(CCO)CCO)=NC2=O)cc1. The monoisotopic (exact) mass is 322 g/mol. The number of amides is 1. The van der Waals surface area contributed by atoms with Gasteiger partial charge in [-0.1, -0.05) is 12.1 Å². The zero-order valence-electron chi connectivity index (χ0n) is 12.2. The standard InChI is InChI=1S/C15H18N2O4S/c1-21-12-4-2-11(3-5-12)10-13-14(20)16-15(22-13)17(6-8-18)7-9-19/h2-5,10,18-19H,6-9H2,1H3/b13-10+. The van der Waals surface area contributed by atoms with Crippen LogP contribution in [0, 0.1) is 0 Å². The van der Waals surface area contributed by atoms with Crippen LogP contribution in [-0.2, 0) is 4.79 Å². The van der Waals surface area contributed by atoms with Crippen molar-refractivity contribution < 1.29 is 19.7 Å². The van der Waals surface area contributed by atoms with Crippen LogP contribution in [0.5, 0.6) is 5.75 Å². The van der Waals surface area contributed by atoms with Crippen molar-refractivity contribution in [1.29, 1.82) is 0 Å². The zero-order chi connectivity index (χ0) is 15.9. The molecular formula is C15H18N2O4S. The summed E-state index contributed by atoms with van der Waals surface area (Å²) in [7, 11) is 1.60. The number of aliphatic hydroxyl groups is 2. The van der Waals surface area contributed by atoms with E-state index in [1.807, 2.05) is 24.3 Å². The van der Waals surface area contributed by atoms with E-state index in [-0.39, 0.29) is 19.1 Å². The van der Waals surface area contributed by atoms with Crippen molar-refractivity contribution >= 4 is 28.9 Å². The second-order valence-corrected chi connectivity index (χ2v) is 5.53. The average molecular weight is 322 g/mol. The molecule has 1 aliphatic heterocycles. The topological polar surface area (TPSA) is 82.4 Å². The minimum absolute atomic E-state index is 0.0642. The molecule has 1 aromatic rings. The van der Waals surface area contributed by atoms with Gasteiger partial charge in [0.2, 0.25) is 0 Å². The molecule has 0 radical (unpaired) electrons. The fraction of sp³-hybridized carbons (Fsp3) is 0.333. The molecule has 0 saturated heterocycles.